The zero-order valence-electron chi connectivity index (χ0n) is 13.2. The number of rotatable bonds is 6. The van der Waals surface area contributed by atoms with Gasteiger partial charge in [0.2, 0.25) is 0 Å². The molecule has 0 aromatic heterocycles. The van der Waals surface area contributed by atoms with Gasteiger partial charge in [-0.05, 0) is 36.1 Å². The lowest BCUT2D eigenvalue weighted by atomic mass is 10.1. The number of aryl methyl sites for hydroxylation is 1. The topological polar surface area (TPSA) is 64.6 Å². The van der Waals surface area contributed by atoms with E-state index in [-0.39, 0.29) is 25.2 Å². The Labute approximate surface area is 140 Å². The summed E-state index contributed by atoms with van der Waals surface area (Å²) < 4.78 is 10.2. The van der Waals surface area contributed by atoms with Crippen molar-refractivity contribution >= 4 is 11.9 Å². The zero-order chi connectivity index (χ0) is 16.8. The van der Waals surface area contributed by atoms with Crippen LogP contribution >= 0.6 is 0 Å². The standard InChI is InChI=1S/C19H19NO4/c21-18(20-17-11-10-14-6-4-5-9-16(14)17)12-24-19(22)13-23-15-7-2-1-3-8-15/h1-9,17H,10-13H2,(H,20,21). The van der Waals surface area contributed by atoms with Crippen molar-refractivity contribution in [1.29, 1.82) is 0 Å². The molecule has 1 atom stereocenters. The summed E-state index contributed by atoms with van der Waals surface area (Å²) in [5.41, 5.74) is 2.40. The average molecular weight is 325 g/mol. The lowest BCUT2D eigenvalue weighted by Gasteiger charge is -2.14. The summed E-state index contributed by atoms with van der Waals surface area (Å²) in [7, 11) is 0. The molecule has 5 nitrogen and oxygen atoms in total. The average Bonchev–Trinajstić information content (AvgIpc) is 3.02. The number of amides is 1. The molecule has 1 N–H and O–H groups in total. The normalized spacial score (nSPS) is 15.4. The minimum absolute atomic E-state index is 0.00651. The molecule has 1 amide bonds. The summed E-state index contributed by atoms with van der Waals surface area (Å²) in [6.45, 7) is -0.515. The number of carbonyl (C=O) groups excluding carboxylic acids is 2. The van der Waals surface area contributed by atoms with E-state index in [2.05, 4.69) is 11.4 Å². The van der Waals surface area contributed by atoms with Gasteiger partial charge >= 0.3 is 5.97 Å². The van der Waals surface area contributed by atoms with E-state index >= 15 is 0 Å². The number of benzene rings is 2. The number of hydrogen-bond acceptors (Lipinski definition) is 4. The van der Waals surface area contributed by atoms with Gasteiger partial charge in [-0.1, -0.05) is 42.5 Å². The van der Waals surface area contributed by atoms with E-state index in [1.54, 1.807) is 12.1 Å². The first-order valence-corrected chi connectivity index (χ1v) is 7.93. The van der Waals surface area contributed by atoms with Crippen molar-refractivity contribution in [2.75, 3.05) is 13.2 Å². The Kier molecular flexibility index (Phi) is 5.11. The van der Waals surface area contributed by atoms with Gasteiger partial charge in [-0.3, -0.25) is 4.79 Å². The van der Waals surface area contributed by atoms with Gasteiger partial charge in [0.15, 0.2) is 13.2 Å². The number of ether oxygens (including phenoxy) is 2. The van der Waals surface area contributed by atoms with Gasteiger partial charge in [0.25, 0.3) is 5.91 Å². The third-order valence-corrected chi connectivity index (χ3v) is 3.93. The van der Waals surface area contributed by atoms with E-state index in [4.69, 9.17) is 9.47 Å². The smallest absolute Gasteiger partial charge is 0.344 e. The molecule has 124 valence electrons. The molecule has 0 aliphatic heterocycles. The highest BCUT2D eigenvalue weighted by Crippen LogP contribution is 2.30. The van der Waals surface area contributed by atoms with Crippen LogP contribution in [-0.4, -0.2) is 25.1 Å². The second kappa shape index (κ2) is 7.64. The molecule has 2 aromatic rings. The van der Waals surface area contributed by atoms with Crippen LogP contribution in [0.5, 0.6) is 5.75 Å². The number of nitrogens with one attached hydrogen (secondary N) is 1. The largest absolute Gasteiger partial charge is 0.482 e. The second-order valence-corrected chi connectivity index (χ2v) is 5.62. The molecular formula is C19H19NO4. The fraction of sp³-hybridized carbons (Fsp3) is 0.263. The summed E-state index contributed by atoms with van der Waals surface area (Å²) in [6, 6.07) is 17.0. The minimum Gasteiger partial charge on any atom is -0.482 e. The van der Waals surface area contributed by atoms with Crippen LogP contribution in [0.25, 0.3) is 0 Å². The maximum atomic E-state index is 12.0. The number of esters is 1. The van der Waals surface area contributed by atoms with Gasteiger partial charge in [-0.25, -0.2) is 4.79 Å². The Hall–Kier alpha value is -2.82. The van der Waals surface area contributed by atoms with E-state index in [1.807, 2.05) is 36.4 Å². The Morgan fingerprint density at radius 3 is 2.58 bits per heavy atom. The minimum atomic E-state index is -0.569. The fourth-order valence-corrected chi connectivity index (χ4v) is 2.79. The van der Waals surface area contributed by atoms with Crippen LogP contribution in [0.3, 0.4) is 0 Å². The van der Waals surface area contributed by atoms with E-state index in [1.165, 1.54) is 5.56 Å². The number of hydrogen-bond donors (Lipinski definition) is 1. The molecule has 3 rings (SSSR count). The Bertz CT molecular complexity index is 714. The summed E-state index contributed by atoms with van der Waals surface area (Å²) in [6.07, 6.45) is 1.82. The Morgan fingerprint density at radius 2 is 1.75 bits per heavy atom. The second-order valence-electron chi connectivity index (χ2n) is 5.62. The molecular weight excluding hydrogens is 306 g/mol. The summed E-state index contributed by atoms with van der Waals surface area (Å²) in [4.78, 5) is 23.6. The zero-order valence-corrected chi connectivity index (χ0v) is 13.2. The molecule has 0 bridgehead atoms. The number of fused-ring (bicyclic) bond motifs is 1. The molecule has 24 heavy (non-hydrogen) atoms. The first-order chi connectivity index (χ1) is 11.7. The van der Waals surface area contributed by atoms with Crippen molar-refractivity contribution in [3.63, 3.8) is 0 Å². The third-order valence-electron chi connectivity index (χ3n) is 3.93. The van der Waals surface area contributed by atoms with Gasteiger partial charge in [0.05, 0.1) is 6.04 Å². The van der Waals surface area contributed by atoms with E-state index in [9.17, 15) is 9.59 Å². The van der Waals surface area contributed by atoms with Crippen molar-refractivity contribution < 1.29 is 19.1 Å². The fourth-order valence-electron chi connectivity index (χ4n) is 2.79. The Balaban J connectivity index is 1.40. The maximum Gasteiger partial charge on any atom is 0.344 e. The highest BCUT2D eigenvalue weighted by molar-refractivity contribution is 5.81. The van der Waals surface area contributed by atoms with E-state index < -0.39 is 5.97 Å². The first-order valence-electron chi connectivity index (χ1n) is 7.93. The quantitative estimate of drug-likeness (QED) is 0.829. The summed E-state index contributed by atoms with van der Waals surface area (Å²) in [5.74, 6) is -0.285. The molecule has 0 fully saturated rings. The van der Waals surface area contributed by atoms with Crippen molar-refractivity contribution in [2.45, 2.75) is 18.9 Å². The van der Waals surface area contributed by atoms with Crippen molar-refractivity contribution in [3.05, 3.63) is 65.7 Å². The lowest BCUT2D eigenvalue weighted by molar-refractivity contribution is -0.150. The molecule has 5 heteroatoms. The number of para-hydroxylation sites is 1. The SMILES string of the molecule is O=C(COC(=O)COc1ccccc1)NC1CCc2ccccc21. The molecule has 1 aliphatic rings. The summed E-state index contributed by atoms with van der Waals surface area (Å²) in [5, 5.41) is 2.91. The van der Waals surface area contributed by atoms with Gasteiger partial charge < -0.3 is 14.8 Å². The predicted molar refractivity (Wildman–Crippen MR) is 88.5 cm³/mol. The van der Waals surface area contributed by atoms with Gasteiger partial charge in [0.1, 0.15) is 5.75 Å². The highest BCUT2D eigenvalue weighted by Gasteiger charge is 2.23. The van der Waals surface area contributed by atoms with E-state index in [0.717, 1.165) is 18.4 Å². The molecule has 0 saturated heterocycles. The molecule has 0 heterocycles. The van der Waals surface area contributed by atoms with Crippen LogP contribution in [0.2, 0.25) is 0 Å². The molecule has 0 saturated carbocycles. The van der Waals surface area contributed by atoms with Gasteiger partial charge in [-0.2, -0.15) is 0 Å². The highest BCUT2D eigenvalue weighted by atomic mass is 16.6. The molecule has 0 spiro atoms. The Morgan fingerprint density at radius 1 is 1.00 bits per heavy atom. The van der Waals surface area contributed by atoms with Crippen LogP contribution in [0, 0.1) is 0 Å². The van der Waals surface area contributed by atoms with Crippen molar-refractivity contribution in [3.8, 4) is 5.75 Å². The van der Waals surface area contributed by atoms with Crippen LogP contribution in [0.4, 0.5) is 0 Å². The molecule has 0 radical (unpaired) electrons. The lowest BCUT2D eigenvalue weighted by Crippen LogP contribution is -2.32. The van der Waals surface area contributed by atoms with Crippen molar-refractivity contribution in [2.24, 2.45) is 0 Å². The van der Waals surface area contributed by atoms with Crippen LogP contribution in [0.1, 0.15) is 23.6 Å². The monoisotopic (exact) mass is 325 g/mol. The molecule has 1 unspecified atom stereocenters. The van der Waals surface area contributed by atoms with Gasteiger partial charge in [-0.15, -0.1) is 0 Å². The summed E-state index contributed by atoms with van der Waals surface area (Å²) >= 11 is 0. The maximum absolute atomic E-state index is 12.0. The molecule has 1 aliphatic carbocycles. The van der Waals surface area contributed by atoms with Crippen LogP contribution < -0.4 is 10.1 Å². The van der Waals surface area contributed by atoms with Crippen molar-refractivity contribution in [1.82, 2.24) is 5.32 Å². The third kappa shape index (κ3) is 4.13. The molecule has 2 aromatic carbocycles. The van der Waals surface area contributed by atoms with Crippen LogP contribution in [0.15, 0.2) is 54.6 Å². The van der Waals surface area contributed by atoms with E-state index in [0.29, 0.717) is 5.75 Å². The predicted octanol–water partition coefficient (Wildman–Crippen LogP) is 2.41. The number of carbonyl (C=O) groups is 2. The first kappa shape index (κ1) is 16.1. The van der Waals surface area contributed by atoms with Crippen LogP contribution in [-0.2, 0) is 20.7 Å². The van der Waals surface area contributed by atoms with Gasteiger partial charge in [0, 0.05) is 0 Å².